The summed E-state index contributed by atoms with van der Waals surface area (Å²) in [7, 11) is 0. The SMILES string of the molecule is CCNC(Cn1ncc(Cl)c1C)c1cc2ccccc2o1. The highest BCUT2D eigenvalue weighted by Crippen LogP contribution is 2.25. The zero-order valence-corrected chi connectivity index (χ0v) is 12.9. The predicted molar refractivity (Wildman–Crippen MR) is 84.6 cm³/mol. The molecule has 1 N–H and O–H groups in total. The quantitative estimate of drug-likeness (QED) is 0.776. The molecule has 110 valence electrons. The number of halogens is 1. The van der Waals surface area contributed by atoms with Gasteiger partial charge in [0.1, 0.15) is 11.3 Å². The summed E-state index contributed by atoms with van der Waals surface area (Å²) in [6.45, 7) is 5.59. The molecule has 4 nitrogen and oxygen atoms in total. The van der Waals surface area contributed by atoms with Crippen molar-refractivity contribution in [2.24, 2.45) is 0 Å². The first-order chi connectivity index (χ1) is 10.2. The van der Waals surface area contributed by atoms with Crippen LogP contribution in [-0.2, 0) is 6.54 Å². The highest BCUT2D eigenvalue weighted by molar-refractivity contribution is 6.31. The van der Waals surface area contributed by atoms with Gasteiger partial charge in [0.2, 0.25) is 0 Å². The number of nitrogens with zero attached hydrogens (tertiary/aromatic N) is 2. The molecule has 0 amide bonds. The van der Waals surface area contributed by atoms with E-state index >= 15 is 0 Å². The van der Waals surface area contributed by atoms with Gasteiger partial charge in [0.25, 0.3) is 0 Å². The van der Waals surface area contributed by atoms with Crippen LogP contribution >= 0.6 is 11.6 Å². The number of furan rings is 1. The number of fused-ring (bicyclic) bond motifs is 1. The molecule has 0 spiro atoms. The Hall–Kier alpha value is -1.78. The van der Waals surface area contributed by atoms with Crippen molar-refractivity contribution in [1.82, 2.24) is 15.1 Å². The van der Waals surface area contributed by atoms with Crippen molar-refractivity contribution in [2.45, 2.75) is 26.4 Å². The number of benzene rings is 1. The van der Waals surface area contributed by atoms with E-state index in [0.29, 0.717) is 11.6 Å². The average molecular weight is 304 g/mol. The van der Waals surface area contributed by atoms with Crippen molar-refractivity contribution in [3.05, 3.63) is 53.0 Å². The summed E-state index contributed by atoms with van der Waals surface area (Å²) in [5, 5.41) is 9.57. The van der Waals surface area contributed by atoms with E-state index in [1.54, 1.807) is 6.20 Å². The van der Waals surface area contributed by atoms with E-state index < -0.39 is 0 Å². The first kappa shape index (κ1) is 14.2. The topological polar surface area (TPSA) is 43.0 Å². The van der Waals surface area contributed by atoms with Crippen molar-refractivity contribution in [2.75, 3.05) is 6.54 Å². The molecule has 0 radical (unpaired) electrons. The summed E-state index contributed by atoms with van der Waals surface area (Å²) in [5.41, 5.74) is 1.88. The number of para-hydroxylation sites is 1. The van der Waals surface area contributed by atoms with Crippen LogP contribution in [0.5, 0.6) is 0 Å². The highest BCUT2D eigenvalue weighted by atomic mass is 35.5. The van der Waals surface area contributed by atoms with Gasteiger partial charge in [-0.3, -0.25) is 4.68 Å². The first-order valence-electron chi connectivity index (χ1n) is 7.08. The second kappa shape index (κ2) is 5.92. The lowest BCUT2D eigenvalue weighted by atomic mass is 10.2. The first-order valence-corrected chi connectivity index (χ1v) is 7.46. The molecule has 0 saturated heterocycles. The minimum Gasteiger partial charge on any atom is -0.459 e. The molecular formula is C16H18ClN3O. The van der Waals surface area contributed by atoms with E-state index in [0.717, 1.165) is 29.0 Å². The third kappa shape index (κ3) is 2.82. The fraction of sp³-hybridized carbons (Fsp3) is 0.312. The molecule has 0 bridgehead atoms. The minimum atomic E-state index is 0.0667. The second-order valence-electron chi connectivity index (χ2n) is 5.06. The van der Waals surface area contributed by atoms with Crippen LogP contribution < -0.4 is 5.32 Å². The Balaban J connectivity index is 1.91. The van der Waals surface area contributed by atoms with E-state index in [1.165, 1.54) is 0 Å². The van der Waals surface area contributed by atoms with Crippen LogP contribution in [0.2, 0.25) is 5.02 Å². The maximum absolute atomic E-state index is 6.07. The van der Waals surface area contributed by atoms with E-state index in [1.807, 2.05) is 29.8 Å². The molecule has 1 aromatic carbocycles. The van der Waals surface area contributed by atoms with Gasteiger partial charge in [-0.05, 0) is 25.6 Å². The number of nitrogens with one attached hydrogen (secondary N) is 1. The average Bonchev–Trinajstić information content (AvgIpc) is 3.05. The van der Waals surface area contributed by atoms with Crippen molar-refractivity contribution < 1.29 is 4.42 Å². The number of likely N-dealkylation sites (N-methyl/N-ethyl adjacent to an activating group) is 1. The zero-order chi connectivity index (χ0) is 14.8. The molecule has 0 fully saturated rings. The normalized spacial score (nSPS) is 12.9. The van der Waals surface area contributed by atoms with Gasteiger partial charge in [-0.2, -0.15) is 5.10 Å². The van der Waals surface area contributed by atoms with E-state index in [4.69, 9.17) is 16.0 Å². The number of hydrogen-bond acceptors (Lipinski definition) is 3. The summed E-state index contributed by atoms with van der Waals surface area (Å²) in [4.78, 5) is 0. The molecular weight excluding hydrogens is 286 g/mol. The van der Waals surface area contributed by atoms with Crippen molar-refractivity contribution in [3.8, 4) is 0 Å². The van der Waals surface area contributed by atoms with E-state index in [-0.39, 0.29) is 6.04 Å². The molecule has 1 unspecified atom stereocenters. The largest absolute Gasteiger partial charge is 0.459 e. The monoisotopic (exact) mass is 303 g/mol. The van der Waals surface area contributed by atoms with Crippen molar-refractivity contribution >= 4 is 22.6 Å². The van der Waals surface area contributed by atoms with Crippen LogP contribution in [0, 0.1) is 6.92 Å². The molecule has 2 aromatic heterocycles. The lowest BCUT2D eigenvalue weighted by Gasteiger charge is -2.16. The van der Waals surface area contributed by atoms with Gasteiger partial charge in [0, 0.05) is 5.39 Å². The molecule has 0 aliphatic carbocycles. The highest BCUT2D eigenvalue weighted by Gasteiger charge is 2.18. The number of hydrogen-bond donors (Lipinski definition) is 1. The van der Waals surface area contributed by atoms with Gasteiger partial charge in [-0.25, -0.2) is 0 Å². The van der Waals surface area contributed by atoms with Gasteiger partial charge in [-0.15, -0.1) is 0 Å². The maximum Gasteiger partial charge on any atom is 0.134 e. The fourth-order valence-electron chi connectivity index (χ4n) is 2.46. The summed E-state index contributed by atoms with van der Waals surface area (Å²) in [6, 6.07) is 10.2. The lowest BCUT2D eigenvalue weighted by molar-refractivity contribution is 0.378. The van der Waals surface area contributed by atoms with Gasteiger partial charge >= 0.3 is 0 Å². The van der Waals surface area contributed by atoms with Crippen LogP contribution in [0.4, 0.5) is 0 Å². The Labute approximate surface area is 128 Å². The van der Waals surface area contributed by atoms with E-state index in [2.05, 4.69) is 29.5 Å². The van der Waals surface area contributed by atoms with Crippen molar-refractivity contribution in [3.63, 3.8) is 0 Å². The van der Waals surface area contributed by atoms with Gasteiger partial charge < -0.3 is 9.73 Å². The molecule has 0 saturated carbocycles. The van der Waals surface area contributed by atoms with Gasteiger partial charge in [-0.1, -0.05) is 36.7 Å². The Morgan fingerprint density at radius 2 is 2.19 bits per heavy atom. The Kier molecular flexibility index (Phi) is 3.99. The number of rotatable bonds is 5. The van der Waals surface area contributed by atoms with Crippen LogP contribution in [0.15, 0.2) is 40.9 Å². The van der Waals surface area contributed by atoms with Gasteiger partial charge in [0.05, 0.1) is 29.5 Å². The Morgan fingerprint density at radius 3 is 2.86 bits per heavy atom. The Morgan fingerprint density at radius 1 is 1.38 bits per heavy atom. The lowest BCUT2D eigenvalue weighted by Crippen LogP contribution is -2.25. The molecule has 0 aliphatic heterocycles. The molecule has 5 heteroatoms. The standard InChI is InChI=1S/C16H18ClN3O/c1-3-18-14(10-20-11(2)13(17)9-19-20)16-8-12-6-4-5-7-15(12)21-16/h4-9,14,18H,3,10H2,1-2H3. The van der Waals surface area contributed by atoms with Crippen LogP contribution in [0.3, 0.4) is 0 Å². The maximum atomic E-state index is 6.07. The molecule has 2 heterocycles. The molecule has 21 heavy (non-hydrogen) atoms. The third-order valence-corrected chi connectivity index (χ3v) is 4.01. The van der Waals surface area contributed by atoms with Crippen LogP contribution in [0.1, 0.15) is 24.4 Å². The molecule has 3 rings (SSSR count). The Bertz CT molecular complexity index is 714. The summed E-state index contributed by atoms with van der Waals surface area (Å²) in [6.07, 6.45) is 1.68. The molecule has 0 aliphatic rings. The summed E-state index contributed by atoms with van der Waals surface area (Å²) >= 11 is 6.07. The number of aromatic nitrogens is 2. The molecule has 3 aromatic rings. The second-order valence-corrected chi connectivity index (χ2v) is 5.46. The van der Waals surface area contributed by atoms with Crippen molar-refractivity contribution in [1.29, 1.82) is 0 Å². The predicted octanol–water partition coefficient (Wildman–Crippen LogP) is 3.94. The summed E-state index contributed by atoms with van der Waals surface area (Å²) in [5.74, 6) is 0.920. The molecule has 1 atom stereocenters. The fourth-order valence-corrected chi connectivity index (χ4v) is 2.60. The zero-order valence-electron chi connectivity index (χ0n) is 12.1. The smallest absolute Gasteiger partial charge is 0.134 e. The minimum absolute atomic E-state index is 0.0667. The van der Waals surface area contributed by atoms with Crippen LogP contribution in [0.25, 0.3) is 11.0 Å². The van der Waals surface area contributed by atoms with Crippen LogP contribution in [-0.4, -0.2) is 16.3 Å². The van der Waals surface area contributed by atoms with Gasteiger partial charge in [0.15, 0.2) is 0 Å². The summed E-state index contributed by atoms with van der Waals surface area (Å²) < 4.78 is 7.87. The van der Waals surface area contributed by atoms with E-state index in [9.17, 15) is 0 Å². The third-order valence-electron chi connectivity index (χ3n) is 3.64.